The van der Waals surface area contributed by atoms with Crippen LogP contribution in [0.3, 0.4) is 0 Å². The second-order valence-corrected chi connectivity index (χ2v) is 8.92. The van der Waals surface area contributed by atoms with E-state index in [0.717, 1.165) is 0 Å². The van der Waals surface area contributed by atoms with Gasteiger partial charge < -0.3 is 14.8 Å². The molecule has 3 aromatic rings. The number of carbonyl (C=O) groups is 1. The number of nitrogens with one attached hydrogen (secondary N) is 2. The Morgan fingerprint density at radius 1 is 0.939 bits per heavy atom. The molecule has 0 aromatic heterocycles. The Bertz CT molecular complexity index is 1290. The summed E-state index contributed by atoms with van der Waals surface area (Å²) in [6.07, 6.45) is 0. The van der Waals surface area contributed by atoms with Gasteiger partial charge in [-0.05, 0) is 61.0 Å². The van der Waals surface area contributed by atoms with Gasteiger partial charge in [-0.15, -0.1) is 0 Å². The number of benzene rings is 3. The van der Waals surface area contributed by atoms with Gasteiger partial charge in [0.25, 0.3) is 15.9 Å². The Morgan fingerprint density at radius 3 is 2.33 bits per heavy atom. The normalized spacial score (nSPS) is 11.6. The molecule has 8 nitrogen and oxygen atoms in total. The van der Waals surface area contributed by atoms with Crippen molar-refractivity contribution in [3.63, 3.8) is 0 Å². The van der Waals surface area contributed by atoms with Crippen LogP contribution < -0.4 is 19.6 Å². The van der Waals surface area contributed by atoms with Gasteiger partial charge in [0.2, 0.25) is 0 Å². The maximum Gasteiger partial charge on any atom is 0.280 e. The van der Waals surface area contributed by atoms with Gasteiger partial charge in [-0.25, -0.2) is 0 Å². The minimum Gasteiger partial charge on any atom is -0.497 e. The number of ether oxygens (including phenoxy) is 2. The molecular weight excluding hydrogens is 466 g/mol. The summed E-state index contributed by atoms with van der Waals surface area (Å²) in [5, 5.41) is 7.35. The molecule has 172 valence electrons. The van der Waals surface area contributed by atoms with Crippen molar-refractivity contribution >= 4 is 38.9 Å². The lowest BCUT2D eigenvalue weighted by Crippen LogP contribution is -2.21. The fraction of sp³-hybridized carbons (Fsp3) is 0.130. The van der Waals surface area contributed by atoms with Crippen molar-refractivity contribution in [2.75, 3.05) is 19.5 Å². The van der Waals surface area contributed by atoms with Crippen LogP contribution in [0.1, 0.15) is 22.8 Å². The van der Waals surface area contributed by atoms with Crippen molar-refractivity contribution in [1.29, 1.82) is 0 Å². The molecule has 0 saturated carbocycles. The number of sulfonamides is 1. The van der Waals surface area contributed by atoms with Crippen LogP contribution in [0.15, 0.2) is 76.7 Å². The van der Waals surface area contributed by atoms with E-state index in [9.17, 15) is 13.2 Å². The molecule has 0 aliphatic rings. The first-order valence-corrected chi connectivity index (χ1v) is 11.5. The fourth-order valence-electron chi connectivity index (χ4n) is 2.86. The largest absolute Gasteiger partial charge is 0.497 e. The zero-order chi connectivity index (χ0) is 24.0. The van der Waals surface area contributed by atoms with Crippen LogP contribution >= 0.6 is 11.6 Å². The first-order chi connectivity index (χ1) is 15.7. The van der Waals surface area contributed by atoms with Crippen LogP contribution in [0.4, 0.5) is 5.69 Å². The number of amides is 1. The third-order valence-electron chi connectivity index (χ3n) is 4.64. The van der Waals surface area contributed by atoms with Gasteiger partial charge in [0.1, 0.15) is 16.4 Å². The summed E-state index contributed by atoms with van der Waals surface area (Å²) in [6, 6.07) is 17.8. The van der Waals surface area contributed by atoms with Gasteiger partial charge in [-0.1, -0.05) is 23.7 Å². The highest BCUT2D eigenvalue weighted by atomic mass is 35.5. The second kappa shape index (κ2) is 10.4. The molecule has 1 amide bonds. The lowest BCUT2D eigenvalue weighted by atomic mass is 10.1. The third-order valence-corrected chi connectivity index (χ3v) is 6.12. The van der Waals surface area contributed by atoms with E-state index in [4.69, 9.17) is 21.1 Å². The van der Waals surface area contributed by atoms with Gasteiger partial charge >= 0.3 is 0 Å². The highest BCUT2D eigenvalue weighted by Crippen LogP contribution is 2.28. The fourth-order valence-corrected chi connectivity index (χ4v) is 4.03. The zero-order valence-corrected chi connectivity index (χ0v) is 19.7. The number of methoxy groups -OCH3 is 2. The maximum atomic E-state index is 12.8. The monoisotopic (exact) mass is 487 g/mol. The minimum atomic E-state index is -4.03. The number of carbonyl (C=O) groups excluding carboxylic acids is 1. The number of hydrogen-bond acceptors (Lipinski definition) is 6. The molecule has 3 aromatic carbocycles. The molecule has 0 saturated heterocycles. The average molecular weight is 488 g/mol. The molecule has 3 rings (SSSR count). The van der Waals surface area contributed by atoms with Gasteiger partial charge in [-0.2, -0.15) is 18.4 Å². The van der Waals surface area contributed by atoms with Crippen molar-refractivity contribution in [2.45, 2.75) is 11.8 Å². The van der Waals surface area contributed by atoms with Crippen molar-refractivity contribution in [2.24, 2.45) is 5.10 Å². The third kappa shape index (κ3) is 6.03. The summed E-state index contributed by atoms with van der Waals surface area (Å²) >= 11 is 5.86. The van der Waals surface area contributed by atoms with Gasteiger partial charge in [-0.3, -0.25) is 4.79 Å². The SMILES string of the molecule is COc1ccc(OC)c(S(=O)(=O)N/N=C(\C)c2cccc(NC(=O)c3ccc(Cl)cc3)c2)c1. The molecule has 2 N–H and O–H groups in total. The van der Waals surface area contributed by atoms with E-state index in [-0.39, 0.29) is 16.6 Å². The molecule has 0 atom stereocenters. The zero-order valence-electron chi connectivity index (χ0n) is 18.1. The molecule has 0 fully saturated rings. The van der Waals surface area contributed by atoms with Crippen LogP contribution in [0, 0.1) is 0 Å². The number of hydrazone groups is 1. The van der Waals surface area contributed by atoms with E-state index in [1.54, 1.807) is 61.5 Å². The van der Waals surface area contributed by atoms with Gasteiger partial charge in [0.05, 0.1) is 19.9 Å². The summed E-state index contributed by atoms with van der Waals surface area (Å²) in [6.45, 7) is 1.64. The number of halogens is 1. The first-order valence-electron chi connectivity index (χ1n) is 9.69. The predicted molar refractivity (Wildman–Crippen MR) is 128 cm³/mol. The van der Waals surface area contributed by atoms with Crippen molar-refractivity contribution in [3.8, 4) is 11.5 Å². The number of anilines is 1. The average Bonchev–Trinajstić information content (AvgIpc) is 2.82. The Labute approximate surface area is 197 Å². The molecule has 0 spiro atoms. The Kier molecular flexibility index (Phi) is 7.57. The summed E-state index contributed by atoms with van der Waals surface area (Å²) in [5.74, 6) is 0.216. The molecule has 0 unspecified atom stereocenters. The lowest BCUT2D eigenvalue weighted by Gasteiger charge is -2.11. The molecule has 10 heteroatoms. The lowest BCUT2D eigenvalue weighted by molar-refractivity contribution is 0.102. The summed E-state index contributed by atoms with van der Waals surface area (Å²) in [4.78, 5) is 14.5. The van der Waals surface area contributed by atoms with E-state index in [2.05, 4.69) is 15.2 Å². The minimum absolute atomic E-state index is 0.107. The molecule has 33 heavy (non-hydrogen) atoms. The number of rotatable bonds is 8. The van der Waals surface area contributed by atoms with E-state index >= 15 is 0 Å². The molecule has 0 radical (unpaired) electrons. The van der Waals surface area contributed by atoms with Crippen molar-refractivity contribution in [1.82, 2.24) is 4.83 Å². The van der Waals surface area contributed by atoms with Gasteiger partial charge in [0, 0.05) is 22.3 Å². The highest BCUT2D eigenvalue weighted by molar-refractivity contribution is 7.89. The highest BCUT2D eigenvalue weighted by Gasteiger charge is 2.20. The van der Waals surface area contributed by atoms with Crippen LogP contribution in [0.5, 0.6) is 11.5 Å². The van der Waals surface area contributed by atoms with Crippen LogP contribution in [0.2, 0.25) is 5.02 Å². The predicted octanol–water partition coefficient (Wildman–Crippen LogP) is 4.31. The van der Waals surface area contributed by atoms with E-state index in [1.165, 1.54) is 26.4 Å². The van der Waals surface area contributed by atoms with Crippen LogP contribution in [-0.2, 0) is 10.0 Å². The summed E-state index contributed by atoms with van der Waals surface area (Å²) in [7, 11) is -1.22. The molecule has 0 bridgehead atoms. The molecule has 0 aliphatic heterocycles. The van der Waals surface area contributed by atoms with Crippen LogP contribution in [-0.4, -0.2) is 34.3 Å². The van der Waals surface area contributed by atoms with Crippen molar-refractivity contribution in [3.05, 3.63) is 82.9 Å². The van der Waals surface area contributed by atoms with E-state index in [0.29, 0.717) is 33.3 Å². The maximum absolute atomic E-state index is 12.8. The molecule has 0 aliphatic carbocycles. The molecule has 0 heterocycles. The first kappa shape index (κ1) is 24.1. The number of hydrogen-bond donors (Lipinski definition) is 2. The second-order valence-electron chi connectivity index (χ2n) is 6.85. The van der Waals surface area contributed by atoms with E-state index in [1.807, 2.05) is 0 Å². The van der Waals surface area contributed by atoms with Crippen LogP contribution in [0.25, 0.3) is 0 Å². The van der Waals surface area contributed by atoms with Gasteiger partial charge in [0.15, 0.2) is 0 Å². The summed E-state index contributed by atoms with van der Waals surface area (Å²) < 4.78 is 35.8. The Morgan fingerprint density at radius 2 is 1.67 bits per heavy atom. The Hall–Kier alpha value is -3.56. The van der Waals surface area contributed by atoms with Crippen molar-refractivity contribution < 1.29 is 22.7 Å². The number of nitrogens with zero attached hydrogens (tertiary/aromatic N) is 1. The standard InChI is InChI=1S/C23H22ClN3O5S/c1-15(26-27-33(29,30)22-14-20(31-2)11-12-21(22)32-3)17-5-4-6-19(13-17)25-23(28)16-7-9-18(24)10-8-16/h4-14,27H,1-3H3,(H,25,28)/b26-15+. The Balaban J connectivity index is 1.78. The molecular formula is C23H22ClN3O5S. The summed E-state index contributed by atoms with van der Waals surface area (Å²) in [5.41, 5.74) is 1.99. The quantitative estimate of drug-likeness (QED) is 0.363. The smallest absolute Gasteiger partial charge is 0.280 e. The van der Waals surface area contributed by atoms with E-state index < -0.39 is 10.0 Å². The topological polar surface area (TPSA) is 106 Å².